The summed E-state index contributed by atoms with van der Waals surface area (Å²) in [7, 11) is 3.62. The summed E-state index contributed by atoms with van der Waals surface area (Å²) >= 11 is 0. The van der Waals surface area contributed by atoms with Gasteiger partial charge in [0.15, 0.2) is 0 Å². The molecule has 3 atom stereocenters. The van der Waals surface area contributed by atoms with Gasteiger partial charge in [0, 0.05) is 31.8 Å². The van der Waals surface area contributed by atoms with E-state index in [9.17, 15) is 9.18 Å². The third-order valence-electron chi connectivity index (χ3n) is 5.22. The highest BCUT2D eigenvalue weighted by Gasteiger charge is 2.36. The number of amides is 1. The number of nitrogens with two attached hydrogens (primary N) is 1. The lowest BCUT2D eigenvalue weighted by Gasteiger charge is -2.31. The highest BCUT2D eigenvalue weighted by Crippen LogP contribution is 2.36. The first kappa shape index (κ1) is 23.4. The van der Waals surface area contributed by atoms with Crippen LogP contribution in [0.25, 0.3) is 0 Å². The van der Waals surface area contributed by atoms with Crippen LogP contribution in [0.4, 0.5) is 4.39 Å². The van der Waals surface area contributed by atoms with Crippen molar-refractivity contribution >= 4 is 30.7 Å². The van der Waals surface area contributed by atoms with E-state index in [1.165, 1.54) is 12.1 Å². The Bertz CT molecular complexity index is 755. The molecule has 0 spiro atoms. The summed E-state index contributed by atoms with van der Waals surface area (Å²) in [6.45, 7) is 0.530. The van der Waals surface area contributed by atoms with E-state index >= 15 is 0 Å². The van der Waals surface area contributed by atoms with Crippen LogP contribution in [0.3, 0.4) is 0 Å². The number of hydrogen-bond acceptors (Lipinski definition) is 3. The topological polar surface area (TPSA) is 64.2 Å². The lowest BCUT2D eigenvalue weighted by molar-refractivity contribution is -0.136. The molecule has 1 aromatic heterocycles. The van der Waals surface area contributed by atoms with Crippen LogP contribution < -0.4 is 5.73 Å². The van der Waals surface area contributed by atoms with Crippen molar-refractivity contribution < 1.29 is 9.18 Å². The van der Waals surface area contributed by atoms with E-state index < -0.39 is 0 Å². The minimum Gasteiger partial charge on any atom is -0.334 e. The molecule has 2 aromatic rings. The van der Waals surface area contributed by atoms with Crippen LogP contribution in [0, 0.1) is 17.7 Å². The number of aromatic nitrogens is 2. The summed E-state index contributed by atoms with van der Waals surface area (Å²) in [5, 5.41) is 4.22. The normalized spacial score (nSPS) is 19.7. The molecule has 0 radical (unpaired) electrons. The van der Waals surface area contributed by atoms with E-state index in [0.29, 0.717) is 6.54 Å². The predicted octanol–water partition coefficient (Wildman–Crippen LogP) is 3.33. The van der Waals surface area contributed by atoms with Gasteiger partial charge in [0.05, 0.1) is 12.2 Å². The number of halogens is 3. The Balaban J connectivity index is 0.00000182. The minimum absolute atomic E-state index is 0. The van der Waals surface area contributed by atoms with Crippen molar-refractivity contribution in [3.05, 3.63) is 53.6 Å². The highest BCUT2D eigenvalue weighted by atomic mass is 35.5. The molecule has 1 aliphatic rings. The molecule has 150 valence electrons. The monoisotopic (exact) mass is 416 g/mol. The average Bonchev–Trinajstić information content (AvgIpc) is 3.23. The molecule has 1 aliphatic carbocycles. The van der Waals surface area contributed by atoms with Crippen LogP contribution in [0.2, 0.25) is 0 Å². The lowest BCUT2D eigenvalue weighted by atomic mass is 9.92. The molecule has 1 heterocycles. The lowest BCUT2D eigenvalue weighted by Crippen LogP contribution is -2.39. The Morgan fingerprint density at radius 3 is 2.70 bits per heavy atom. The largest absolute Gasteiger partial charge is 0.334 e. The zero-order chi connectivity index (χ0) is 18.0. The number of nitrogens with zero attached hydrogens (tertiary/aromatic N) is 3. The Morgan fingerprint density at radius 2 is 2.11 bits per heavy atom. The molecular formula is C19H27Cl2FN4O. The average molecular weight is 417 g/mol. The quantitative estimate of drug-likeness (QED) is 0.812. The molecule has 1 unspecified atom stereocenters. The molecule has 1 aromatic carbocycles. The Morgan fingerprint density at radius 1 is 1.37 bits per heavy atom. The number of benzene rings is 1. The van der Waals surface area contributed by atoms with Crippen molar-refractivity contribution in [2.75, 3.05) is 13.6 Å². The third kappa shape index (κ3) is 5.00. The molecule has 8 heteroatoms. The summed E-state index contributed by atoms with van der Waals surface area (Å²) in [6, 6.07) is 6.05. The minimum atomic E-state index is -0.365. The molecule has 1 fully saturated rings. The van der Waals surface area contributed by atoms with Crippen molar-refractivity contribution in [2.45, 2.75) is 25.3 Å². The van der Waals surface area contributed by atoms with Crippen molar-refractivity contribution in [3.8, 4) is 0 Å². The van der Waals surface area contributed by atoms with Crippen molar-refractivity contribution in [1.29, 1.82) is 0 Å². The summed E-state index contributed by atoms with van der Waals surface area (Å²) in [5.41, 5.74) is 7.46. The maximum Gasteiger partial charge on any atom is 0.226 e. The van der Waals surface area contributed by atoms with Crippen LogP contribution in [0.15, 0.2) is 36.7 Å². The molecule has 2 N–H and O–H groups in total. The highest BCUT2D eigenvalue weighted by molar-refractivity contribution is 5.85. The van der Waals surface area contributed by atoms with Crippen molar-refractivity contribution in [2.24, 2.45) is 24.6 Å². The maximum atomic E-state index is 13.8. The van der Waals surface area contributed by atoms with Gasteiger partial charge in [-0.3, -0.25) is 9.48 Å². The van der Waals surface area contributed by atoms with Gasteiger partial charge >= 0.3 is 0 Å². The first-order valence-electron chi connectivity index (χ1n) is 8.72. The fourth-order valence-corrected chi connectivity index (χ4v) is 3.93. The van der Waals surface area contributed by atoms with Crippen molar-refractivity contribution in [3.63, 3.8) is 0 Å². The molecule has 0 aliphatic heterocycles. The van der Waals surface area contributed by atoms with Crippen LogP contribution >= 0.6 is 24.8 Å². The zero-order valence-corrected chi connectivity index (χ0v) is 17.2. The molecule has 3 rings (SSSR count). The molecule has 0 bridgehead atoms. The van der Waals surface area contributed by atoms with Gasteiger partial charge in [-0.2, -0.15) is 5.10 Å². The molecule has 0 saturated heterocycles. The first-order valence-corrected chi connectivity index (χ1v) is 8.72. The molecular weight excluding hydrogens is 390 g/mol. The van der Waals surface area contributed by atoms with Crippen LogP contribution in [-0.4, -0.2) is 34.2 Å². The number of carbonyl (C=O) groups is 1. The van der Waals surface area contributed by atoms with E-state index in [-0.39, 0.29) is 54.4 Å². The standard InChI is InChI=1S/C19H25FN4O.2ClH/c1-23-12-15(11-22-23)18(13-5-3-7-16(20)9-13)24(2)19(25)17-8-4-6-14(17)10-21;;/h3,5,7,9,11-12,14,17-18H,4,6,8,10,21H2,1-2H3;2*1H/t14-,17-,18?;;/m1../s1. The van der Waals surface area contributed by atoms with Gasteiger partial charge in [0.25, 0.3) is 0 Å². The molecule has 5 nitrogen and oxygen atoms in total. The first-order chi connectivity index (χ1) is 12.0. The van der Waals surface area contributed by atoms with Crippen LogP contribution in [-0.2, 0) is 11.8 Å². The van der Waals surface area contributed by atoms with Gasteiger partial charge in [-0.1, -0.05) is 18.6 Å². The van der Waals surface area contributed by atoms with Gasteiger partial charge < -0.3 is 10.6 Å². The summed E-state index contributed by atoms with van der Waals surface area (Å²) in [6.07, 6.45) is 6.50. The molecule has 27 heavy (non-hydrogen) atoms. The van der Waals surface area contributed by atoms with E-state index in [0.717, 1.165) is 30.4 Å². The fourth-order valence-electron chi connectivity index (χ4n) is 3.93. The fraction of sp³-hybridized carbons (Fsp3) is 0.474. The summed E-state index contributed by atoms with van der Waals surface area (Å²) in [5.74, 6) is -0.0567. The van der Waals surface area contributed by atoms with Crippen molar-refractivity contribution in [1.82, 2.24) is 14.7 Å². The predicted molar refractivity (Wildman–Crippen MR) is 109 cm³/mol. The van der Waals surface area contributed by atoms with Gasteiger partial charge in [0.2, 0.25) is 5.91 Å². The second kappa shape index (κ2) is 10.1. The summed E-state index contributed by atoms with van der Waals surface area (Å²) in [4.78, 5) is 14.9. The second-order valence-corrected chi connectivity index (χ2v) is 6.89. The SMILES string of the molecule is CN(C(=O)[C@@H]1CCC[C@@H]1CN)C(c1cccc(F)c1)c1cnn(C)c1.Cl.Cl. The van der Waals surface area contributed by atoms with E-state index in [1.807, 2.05) is 19.3 Å². The number of aryl methyl sites for hydroxylation is 1. The Hall–Kier alpha value is -1.63. The zero-order valence-electron chi connectivity index (χ0n) is 15.5. The Kier molecular flexibility index (Phi) is 8.72. The number of rotatable bonds is 5. The maximum absolute atomic E-state index is 13.8. The Labute approximate surface area is 171 Å². The second-order valence-electron chi connectivity index (χ2n) is 6.89. The van der Waals surface area contributed by atoms with E-state index in [1.54, 1.807) is 28.9 Å². The van der Waals surface area contributed by atoms with Gasteiger partial charge in [-0.25, -0.2) is 4.39 Å². The van der Waals surface area contributed by atoms with Gasteiger partial charge in [0.1, 0.15) is 5.82 Å². The van der Waals surface area contributed by atoms with Crippen LogP contribution in [0.5, 0.6) is 0 Å². The molecule has 1 saturated carbocycles. The van der Waals surface area contributed by atoms with Crippen LogP contribution in [0.1, 0.15) is 36.4 Å². The van der Waals surface area contributed by atoms with E-state index in [4.69, 9.17) is 5.73 Å². The summed E-state index contributed by atoms with van der Waals surface area (Å²) < 4.78 is 15.5. The van der Waals surface area contributed by atoms with E-state index in [2.05, 4.69) is 5.10 Å². The third-order valence-corrected chi connectivity index (χ3v) is 5.22. The number of carbonyl (C=O) groups excluding carboxylic acids is 1. The van der Waals surface area contributed by atoms with Gasteiger partial charge in [-0.15, -0.1) is 24.8 Å². The number of hydrogen-bond donors (Lipinski definition) is 1. The smallest absolute Gasteiger partial charge is 0.226 e. The van der Waals surface area contributed by atoms with Gasteiger partial charge in [-0.05, 0) is 43.0 Å². The molecule has 1 amide bonds.